The number of rotatable bonds is 5. The van der Waals surface area contributed by atoms with Gasteiger partial charge in [0.05, 0.1) is 0 Å². The van der Waals surface area contributed by atoms with Gasteiger partial charge < -0.3 is 15.4 Å². The Bertz CT molecular complexity index is 323. The van der Waals surface area contributed by atoms with Gasteiger partial charge in [-0.1, -0.05) is 26.7 Å². The van der Waals surface area contributed by atoms with E-state index in [-0.39, 0.29) is 12.1 Å². The van der Waals surface area contributed by atoms with Crippen LogP contribution < -0.4 is 10.6 Å². The Hall–Kier alpha value is -0.770. The maximum atomic E-state index is 12.0. The second-order valence-corrected chi connectivity index (χ2v) is 7.84. The van der Waals surface area contributed by atoms with Crippen molar-refractivity contribution >= 4 is 6.09 Å². The summed E-state index contributed by atoms with van der Waals surface area (Å²) < 4.78 is 5.38. The molecule has 0 heterocycles. The van der Waals surface area contributed by atoms with E-state index in [1.165, 1.54) is 12.8 Å². The Labute approximate surface area is 130 Å². The minimum atomic E-state index is -0.438. The molecule has 1 saturated carbocycles. The molecule has 3 atom stereocenters. The molecule has 4 heteroatoms. The van der Waals surface area contributed by atoms with E-state index in [1.54, 1.807) is 0 Å². The van der Waals surface area contributed by atoms with Crippen LogP contribution in [0.15, 0.2) is 0 Å². The zero-order chi connectivity index (χ0) is 16.0. The molecule has 2 N–H and O–H groups in total. The summed E-state index contributed by atoms with van der Waals surface area (Å²) in [6, 6.07) is 1.03. The van der Waals surface area contributed by atoms with Crippen molar-refractivity contribution in [1.29, 1.82) is 0 Å². The van der Waals surface area contributed by atoms with Crippen LogP contribution in [0.5, 0.6) is 0 Å². The summed E-state index contributed by atoms with van der Waals surface area (Å²) >= 11 is 0. The molecule has 1 unspecified atom stereocenters. The van der Waals surface area contributed by atoms with Gasteiger partial charge in [-0.15, -0.1) is 0 Å². The van der Waals surface area contributed by atoms with Crippen molar-refractivity contribution in [3.8, 4) is 0 Å². The quantitative estimate of drug-likeness (QED) is 0.810. The van der Waals surface area contributed by atoms with Crippen molar-refractivity contribution < 1.29 is 9.53 Å². The minimum absolute atomic E-state index is 0.184. The number of hydrogen-bond acceptors (Lipinski definition) is 3. The lowest BCUT2D eigenvalue weighted by atomic mass is 9.89. The van der Waals surface area contributed by atoms with E-state index in [0.717, 1.165) is 19.3 Å². The number of ether oxygens (including phenoxy) is 1. The van der Waals surface area contributed by atoms with Crippen LogP contribution in [0.3, 0.4) is 0 Å². The van der Waals surface area contributed by atoms with E-state index >= 15 is 0 Å². The van der Waals surface area contributed by atoms with Crippen LogP contribution in [0.4, 0.5) is 4.79 Å². The lowest BCUT2D eigenvalue weighted by Gasteiger charge is -2.35. The highest BCUT2D eigenvalue weighted by molar-refractivity contribution is 5.68. The smallest absolute Gasteiger partial charge is 0.407 e. The van der Waals surface area contributed by atoms with Crippen LogP contribution >= 0.6 is 0 Å². The highest BCUT2D eigenvalue weighted by Crippen LogP contribution is 2.20. The molecule has 0 aromatic carbocycles. The van der Waals surface area contributed by atoms with Crippen LogP contribution in [0.25, 0.3) is 0 Å². The Balaban J connectivity index is 2.51. The molecule has 0 spiro atoms. The molecule has 1 aliphatic carbocycles. The molecule has 1 aliphatic rings. The predicted octanol–water partition coefficient (Wildman–Crippen LogP) is 3.85. The standard InChI is InChI=1S/C17H34N2O2/c1-12(2)11-13(3)18-14-9-7-8-10-15(14)19-16(20)21-17(4,5)6/h12-15,18H,7-11H2,1-6H3,(H,19,20)/t13?,14-,15-/m1/s1. The molecule has 124 valence electrons. The fourth-order valence-electron chi connectivity index (χ4n) is 3.10. The van der Waals surface area contributed by atoms with Gasteiger partial charge in [0, 0.05) is 18.1 Å². The van der Waals surface area contributed by atoms with Gasteiger partial charge in [-0.05, 0) is 52.9 Å². The van der Waals surface area contributed by atoms with Crippen LogP contribution in [0, 0.1) is 5.92 Å². The number of alkyl carbamates (subject to hydrolysis) is 1. The normalized spacial score (nSPS) is 24.7. The second kappa shape index (κ2) is 8.02. The number of hydrogen-bond donors (Lipinski definition) is 2. The monoisotopic (exact) mass is 298 g/mol. The molecule has 0 aliphatic heterocycles. The van der Waals surface area contributed by atoms with Crippen LogP contribution in [-0.4, -0.2) is 29.8 Å². The highest BCUT2D eigenvalue weighted by Gasteiger charge is 2.29. The first kappa shape index (κ1) is 18.3. The molecule has 4 nitrogen and oxygen atoms in total. The van der Waals surface area contributed by atoms with Gasteiger partial charge in [-0.3, -0.25) is 0 Å². The maximum absolute atomic E-state index is 12.0. The molecule has 1 amide bonds. The fourth-order valence-corrected chi connectivity index (χ4v) is 3.10. The molecule has 0 aromatic heterocycles. The zero-order valence-electron chi connectivity index (χ0n) is 14.7. The fraction of sp³-hybridized carbons (Fsp3) is 0.941. The summed E-state index contributed by atoms with van der Waals surface area (Å²) in [5.41, 5.74) is -0.438. The Morgan fingerprint density at radius 1 is 1.14 bits per heavy atom. The SMILES string of the molecule is CC(C)CC(C)N[C@@H]1CCCC[C@H]1NC(=O)OC(C)(C)C. The van der Waals surface area contributed by atoms with Crippen molar-refractivity contribution in [2.75, 3.05) is 0 Å². The number of carbonyl (C=O) groups excluding carboxylic acids is 1. The van der Waals surface area contributed by atoms with E-state index < -0.39 is 5.60 Å². The van der Waals surface area contributed by atoms with E-state index in [2.05, 4.69) is 31.4 Å². The molecule has 0 saturated heterocycles. The molecule has 0 bridgehead atoms. The Kier molecular flexibility index (Phi) is 6.98. The van der Waals surface area contributed by atoms with Gasteiger partial charge in [-0.25, -0.2) is 4.79 Å². The van der Waals surface area contributed by atoms with Crippen LogP contribution in [0.1, 0.15) is 73.6 Å². The molecule has 1 fully saturated rings. The Morgan fingerprint density at radius 3 is 2.24 bits per heavy atom. The van der Waals surface area contributed by atoms with Crippen molar-refractivity contribution in [3.63, 3.8) is 0 Å². The highest BCUT2D eigenvalue weighted by atomic mass is 16.6. The van der Waals surface area contributed by atoms with Gasteiger partial charge in [0.15, 0.2) is 0 Å². The van der Waals surface area contributed by atoms with Gasteiger partial charge in [0.25, 0.3) is 0 Å². The first-order chi connectivity index (χ1) is 9.67. The predicted molar refractivity (Wildman–Crippen MR) is 87.5 cm³/mol. The van der Waals surface area contributed by atoms with Crippen molar-refractivity contribution in [3.05, 3.63) is 0 Å². The average Bonchev–Trinajstić information content (AvgIpc) is 2.27. The summed E-state index contributed by atoms with van der Waals surface area (Å²) in [6.07, 6.45) is 5.44. The van der Waals surface area contributed by atoms with Gasteiger partial charge in [-0.2, -0.15) is 0 Å². The van der Waals surface area contributed by atoms with Gasteiger partial charge in [0.2, 0.25) is 0 Å². The minimum Gasteiger partial charge on any atom is -0.444 e. The van der Waals surface area contributed by atoms with E-state index in [1.807, 2.05) is 20.8 Å². The molecule has 0 aromatic rings. The zero-order valence-corrected chi connectivity index (χ0v) is 14.7. The van der Waals surface area contributed by atoms with E-state index in [4.69, 9.17) is 4.74 Å². The molecule has 0 radical (unpaired) electrons. The summed E-state index contributed by atoms with van der Waals surface area (Å²) in [4.78, 5) is 12.0. The van der Waals surface area contributed by atoms with E-state index in [9.17, 15) is 4.79 Å². The number of nitrogens with one attached hydrogen (secondary N) is 2. The second-order valence-electron chi connectivity index (χ2n) is 7.84. The third-order valence-electron chi connectivity index (χ3n) is 3.79. The topological polar surface area (TPSA) is 50.4 Å². The summed E-state index contributed by atoms with van der Waals surface area (Å²) in [7, 11) is 0. The molecular formula is C17H34N2O2. The summed E-state index contributed by atoms with van der Waals surface area (Å²) in [5.74, 6) is 0.688. The lowest BCUT2D eigenvalue weighted by molar-refractivity contribution is 0.0476. The van der Waals surface area contributed by atoms with Gasteiger partial charge in [0.1, 0.15) is 5.60 Å². The van der Waals surface area contributed by atoms with E-state index in [0.29, 0.717) is 18.0 Å². The first-order valence-electron chi connectivity index (χ1n) is 8.43. The van der Waals surface area contributed by atoms with Crippen LogP contribution in [0.2, 0.25) is 0 Å². The third-order valence-corrected chi connectivity index (χ3v) is 3.79. The summed E-state index contributed by atoms with van der Waals surface area (Å²) in [6.45, 7) is 12.4. The first-order valence-corrected chi connectivity index (χ1v) is 8.43. The number of carbonyl (C=O) groups is 1. The van der Waals surface area contributed by atoms with Crippen molar-refractivity contribution in [2.45, 2.75) is 97.4 Å². The average molecular weight is 298 g/mol. The maximum Gasteiger partial charge on any atom is 0.407 e. The largest absolute Gasteiger partial charge is 0.444 e. The third kappa shape index (κ3) is 7.70. The molecule has 1 rings (SSSR count). The van der Waals surface area contributed by atoms with Crippen molar-refractivity contribution in [1.82, 2.24) is 10.6 Å². The van der Waals surface area contributed by atoms with Gasteiger partial charge >= 0.3 is 6.09 Å². The lowest BCUT2D eigenvalue weighted by Crippen LogP contribution is -2.54. The Morgan fingerprint density at radius 2 is 1.71 bits per heavy atom. The molecular weight excluding hydrogens is 264 g/mol. The van der Waals surface area contributed by atoms with Crippen LogP contribution in [-0.2, 0) is 4.74 Å². The summed E-state index contributed by atoms with van der Waals surface area (Å²) in [5, 5.41) is 6.76. The van der Waals surface area contributed by atoms with Crippen molar-refractivity contribution in [2.24, 2.45) is 5.92 Å². The molecule has 21 heavy (non-hydrogen) atoms. The number of amides is 1.